The van der Waals surface area contributed by atoms with Crippen LogP contribution in [0.1, 0.15) is 31.0 Å². The smallest absolute Gasteiger partial charge is 0.145 e. The monoisotopic (exact) mass is 360 g/mol. The van der Waals surface area contributed by atoms with E-state index in [1.54, 1.807) is 0 Å². The highest BCUT2D eigenvalue weighted by atomic mass is 16.5. The van der Waals surface area contributed by atoms with Gasteiger partial charge in [0.1, 0.15) is 17.6 Å². The van der Waals surface area contributed by atoms with Gasteiger partial charge in [0.15, 0.2) is 0 Å². The van der Waals surface area contributed by atoms with Gasteiger partial charge in [-0.2, -0.15) is 10.4 Å². The van der Waals surface area contributed by atoms with Gasteiger partial charge in [-0.05, 0) is 49.8 Å². The minimum atomic E-state index is 0.503. The number of aromatic amines is 1. The highest BCUT2D eigenvalue weighted by Crippen LogP contribution is 2.31. The van der Waals surface area contributed by atoms with Crippen molar-refractivity contribution in [3.05, 3.63) is 66.0 Å². The molecule has 1 aromatic heterocycles. The van der Waals surface area contributed by atoms with E-state index in [1.165, 1.54) is 12.8 Å². The van der Waals surface area contributed by atoms with Gasteiger partial charge < -0.3 is 9.64 Å². The second-order valence-electron chi connectivity index (χ2n) is 6.59. The van der Waals surface area contributed by atoms with E-state index >= 15 is 0 Å². The molecule has 0 fully saturated rings. The van der Waals surface area contributed by atoms with Crippen molar-refractivity contribution in [1.82, 2.24) is 15.1 Å². The molecule has 3 aromatic rings. The minimum absolute atomic E-state index is 0.503. The maximum absolute atomic E-state index is 9.57. The summed E-state index contributed by atoms with van der Waals surface area (Å²) in [6.45, 7) is 4.03. The number of hydrogen-bond acceptors (Lipinski definition) is 4. The fraction of sp³-hybridized carbons (Fsp3) is 0.273. The third-order valence-corrected chi connectivity index (χ3v) is 4.42. The molecule has 0 aliphatic rings. The van der Waals surface area contributed by atoms with Gasteiger partial charge in [-0.1, -0.05) is 37.6 Å². The molecular formula is C22H24N4O. The van der Waals surface area contributed by atoms with Crippen molar-refractivity contribution in [2.24, 2.45) is 0 Å². The predicted molar refractivity (Wildman–Crippen MR) is 106 cm³/mol. The van der Waals surface area contributed by atoms with Crippen LogP contribution < -0.4 is 4.74 Å². The zero-order valence-electron chi connectivity index (χ0n) is 15.8. The second kappa shape index (κ2) is 9.02. The molecule has 0 saturated heterocycles. The summed E-state index contributed by atoms with van der Waals surface area (Å²) in [4.78, 5) is 2.28. The number of hydrogen-bond donors (Lipinski definition) is 1. The Labute approximate surface area is 160 Å². The number of ether oxygens (including phenoxy) is 1. The van der Waals surface area contributed by atoms with E-state index < -0.39 is 0 Å². The summed E-state index contributed by atoms with van der Waals surface area (Å²) in [5.41, 5.74) is 3.53. The summed E-state index contributed by atoms with van der Waals surface area (Å²) in [5.74, 6) is 1.26. The molecule has 0 aliphatic carbocycles. The van der Waals surface area contributed by atoms with Crippen LogP contribution in [0.15, 0.2) is 54.7 Å². The molecule has 5 heteroatoms. The zero-order valence-corrected chi connectivity index (χ0v) is 15.8. The predicted octanol–water partition coefficient (Wildman–Crippen LogP) is 4.97. The van der Waals surface area contributed by atoms with Crippen molar-refractivity contribution in [3.8, 4) is 28.7 Å². The number of unbranched alkanes of at least 4 members (excludes halogenated alkanes) is 1. The summed E-state index contributed by atoms with van der Waals surface area (Å²) >= 11 is 0. The molecule has 27 heavy (non-hydrogen) atoms. The quantitative estimate of drug-likeness (QED) is 0.616. The van der Waals surface area contributed by atoms with Gasteiger partial charge in [-0.3, -0.25) is 5.10 Å². The molecule has 0 bridgehead atoms. The number of H-pyrrole nitrogens is 1. The Morgan fingerprint density at radius 3 is 2.74 bits per heavy atom. The third kappa shape index (κ3) is 4.75. The van der Waals surface area contributed by atoms with Crippen LogP contribution in [0.5, 0.6) is 11.5 Å². The topological polar surface area (TPSA) is 64.9 Å². The number of nitriles is 1. The molecule has 0 spiro atoms. The second-order valence-corrected chi connectivity index (χ2v) is 6.59. The fourth-order valence-electron chi connectivity index (χ4n) is 2.95. The summed E-state index contributed by atoms with van der Waals surface area (Å²) in [7, 11) is 2.11. The zero-order chi connectivity index (χ0) is 19.1. The number of rotatable bonds is 8. The first kappa shape index (κ1) is 18.7. The first-order chi connectivity index (χ1) is 13.2. The SMILES string of the molecule is CCCCN(C)Cc1[nH]ncc1-c1ccc(Oc2ccccc2)c(C#N)c1. The molecule has 1 N–H and O–H groups in total. The van der Waals surface area contributed by atoms with Crippen molar-refractivity contribution in [2.45, 2.75) is 26.3 Å². The van der Waals surface area contributed by atoms with E-state index in [1.807, 2.05) is 54.7 Å². The Morgan fingerprint density at radius 2 is 2.00 bits per heavy atom. The van der Waals surface area contributed by atoms with Crippen molar-refractivity contribution < 1.29 is 4.74 Å². The molecule has 5 nitrogen and oxygen atoms in total. The van der Waals surface area contributed by atoms with Crippen molar-refractivity contribution in [1.29, 1.82) is 5.26 Å². The molecular weight excluding hydrogens is 336 g/mol. The average Bonchev–Trinajstić information content (AvgIpc) is 3.15. The molecule has 3 rings (SSSR count). The van der Waals surface area contributed by atoms with Crippen LogP contribution in [0.3, 0.4) is 0 Å². The lowest BCUT2D eigenvalue weighted by Crippen LogP contribution is -2.19. The first-order valence-electron chi connectivity index (χ1n) is 9.19. The van der Waals surface area contributed by atoms with Crippen LogP contribution in [-0.4, -0.2) is 28.7 Å². The van der Waals surface area contributed by atoms with Crippen LogP contribution in [0, 0.1) is 11.3 Å². The maximum Gasteiger partial charge on any atom is 0.145 e. The Morgan fingerprint density at radius 1 is 1.19 bits per heavy atom. The number of benzene rings is 2. The normalized spacial score (nSPS) is 10.7. The van der Waals surface area contributed by atoms with E-state index in [0.29, 0.717) is 17.1 Å². The molecule has 138 valence electrons. The number of nitrogens with one attached hydrogen (secondary N) is 1. The van der Waals surface area contributed by atoms with Crippen molar-refractivity contribution in [2.75, 3.05) is 13.6 Å². The Bertz CT molecular complexity index is 912. The molecule has 0 saturated carbocycles. The molecule has 0 radical (unpaired) electrons. The lowest BCUT2D eigenvalue weighted by atomic mass is 10.0. The van der Waals surface area contributed by atoms with E-state index in [-0.39, 0.29) is 0 Å². The van der Waals surface area contributed by atoms with Gasteiger partial charge in [0, 0.05) is 12.1 Å². The van der Waals surface area contributed by atoms with Gasteiger partial charge in [-0.25, -0.2) is 0 Å². The number of para-hydroxylation sites is 1. The highest BCUT2D eigenvalue weighted by Gasteiger charge is 2.13. The van der Waals surface area contributed by atoms with Crippen LogP contribution in [0.4, 0.5) is 0 Å². The summed E-state index contributed by atoms with van der Waals surface area (Å²) in [6, 6.07) is 17.4. The van der Waals surface area contributed by atoms with Crippen LogP contribution in [0.2, 0.25) is 0 Å². The van der Waals surface area contributed by atoms with Gasteiger partial charge in [-0.15, -0.1) is 0 Å². The summed E-state index contributed by atoms with van der Waals surface area (Å²) in [6.07, 6.45) is 4.16. The molecule has 0 unspecified atom stereocenters. The molecule has 1 heterocycles. The van der Waals surface area contributed by atoms with Crippen molar-refractivity contribution >= 4 is 0 Å². The fourth-order valence-corrected chi connectivity index (χ4v) is 2.95. The summed E-state index contributed by atoms with van der Waals surface area (Å²) in [5, 5.41) is 16.9. The van der Waals surface area contributed by atoms with E-state index in [0.717, 1.165) is 29.9 Å². The minimum Gasteiger partial charge on any atom is -0.456 e. The lowest BCUT2D eigenvalue weighted by Gasteiger charge is -2.16. The van der Waals surface area contributed by atoms with Crippen LogP contribution in [-0.2, 0) is 6.54 Å². The van der Waals surface area contributed by atoms with Gasteiger partial charge in [0.05, 0.1) is 17.5 Å². The van der Waals surface area contributed by atoms with Gasteiger partial charge in [0.25, 0.3) is 0 Å². The number of aromatic nitrogens is 2. The Kier molecular flexibility index (Phi) is 6.24. The third-order valence-electron chi connectivity index (χ3n) is 4.42. The maximum atomic E-state index is 9.57. The standard InChI is InChI=1S/C22H24N4O/c1-3-4-12-26(2)16-21-20(15-24-25-21)17-10-11-22(18(13-17)14-23)27-19-8-6-5-7-9-19/h5-11,13,15H,3-4,12,16H2,1-2H3,(H,24,25). The Balaban J connectivity index is 1.82. The van der Waals surface area contributed by atoms with Crippen molar-refractivity contribution in [3.63, 3.8) is 0 Å². The van der Waals surface area contributed by atoms with Gasteiger partial charge in [0.2, 0.25) is 0 Å². The summed E-state index contributed by atoms with van der Waals surface area (Å²) < 4.78 is 5.86. The molecule has 0 amide bonds. The molecule has 0 aliphatic heterocycles. The van der Waals surface area contributed by atoms with Gasteiger partial charge >= 0.3 is 0 Å². The average molecular weight is 360 g/mol. The highest BCUT2D eigenvalue weighted by molar-refractivity contribution is 5.69. The molecule has 0 atom stereocenters. The largest absolute Gasteiger partial charge is 0.456 e. The lowest BCUT2D eigenvalue weighted by molar-refractivity contribution is 0.317. The van der Waals surface area contributed by atoms with Crippen LogP contribution >= 0.6 is 0 Å². The van der Waals surface area contributed by atoms with Crippen LogP contribution in [0.25, 0.3) is 11.1 Å². The van der Waals surface area contributed by atoms with E-state index in [4.69, 9.17) is 4.74 Å². The van der Waals surface area contributed by atoms with E-state index in [9.17, 15) is 5.26 Å². The van der Waals surface area contributed by atoms with E-state index in [2.05, 4.69) is 35.1 Å². The number of nitrogens with zero attached hydrogens (tertiary/aromatic N) is 3. The Hall–Kier alpha value is -3.10. The molecule has 2 aromatic carbocycles. The first-order valence-corrected chi connectivity index (χ1v) is 9.19.